The standard InChI is InChI=1S/C10H10N2/c1-2-3-4-5-7-10-11-8-6-9-12-10/h2-3,6,8-9H,4H2,1H3/b3-2-. The Morgan fingerprint density at radius 1 is 1.42 bits per heavy atom. The first-order valence-electron chi connectivity index (χ1n) is 3.80. The molecule has 1 rings (SSSR count). The summed E-state index contributed by atoms with van der Waals surface area (Å²) in [4.78, 5) is 7.94. The summed E-state index contributed by atoms with van der Waals surface area (Å²) in [5.74, 6) is 6.38. The minimum atomic E-state index is 0.585. The van der Waals surface area contributed by atoms with E-state index in [1.807, 2.05) is 19.1 Å². The number of rotatable bonds is 1. The lowest BCUT2D eigenvalue weighted by atomic mass is 10.4. The first-order chi connectivity index (χ1) is 5.93. The van der Waals surface area contributed by atoms with E-state index in [0.29, 0.717) is 5.82 Å². The molecule has 1 aromatic heterocycles. The van der Waals surface area contributed by atoms with Crippen molar-refractivity contribution < 1.29 is 0 Å². The predicted molar refractivity (Wildman–Crippen MR) is 48.3 cm³/mol. The zero-order valence-electron chi connectivity index (χ0n) is 6.99. The topological polar surface area (TPSA) is 25.8 Å². The van der Waals surface area contributed by atoms with Crippen LogP contribution in [0.15, 0.2) is 30.6 Å². The Balaban J connectivity index is 2.55. The van der Waals surface area contributed by atoms with Crippen LogP contribution in [0.3, 0.4) is 0 Å². The molecule has 1 aromatic rings. The van der Waals surface area contributed by atoms with Crippen LogP contribution in [0.1, 0.15) is 19.2 Å². The quantitative estimate of drug-likeness (QED) is 0.460. The van der Waals surface area contributed by atoms with E-state index in [2.05, 4.69) is 21.8 Å². The number of nitrogens with zero attached hydrogens (tertiary/aromatic N) is 2. The van der Waals surface area contributed by atoms with Crippen LogP contribution in [0.4, 0.5) is 0 Å². The van der Waals surface area contributed by atoms with Crippen LogP contribution in [-0.2, 0) is 0 Å². The maximum atomic E-state index is 3.97. The molecule has 0 N–H and O–H groups in total. The third-order valence-corrected chi connectivity index (χ3v) is 1.22. The van der Waals surface area contributed by atoms with E-state index >= 15 is 0 Å². The molecule has 0 aliphatic rings. The highest BCUT2D eigenvalue weighted by Crippen LogP contribution is 1.84. The molecule has 0 aliphatic carbocycles. The summed E-state index contributed by atoms with van der Waals surface area (Å²) >= 11 is 0. The van der Waals surface area contributed by atoms with Crippen LogP contribution in [-0.4, -0.2) is 9.97 Å². The molecule has 0 spiro atoms. The van der Waals surface area contributed by atoms with Crippen LogP contribution < -0.4 is 0 Å². The Morgan fingerprint density at radius 2 is 2.17 bits per heavy atom. The Bertz CT molecular complexity index is 304. The maximum Gasteiger partial charge on any atom is 0.204 e. The summed E-state index contributed by atoms with van der Waals surface area (Å²) in [7, 11) is 0. The van der Waals surface area contributed by atoms with Crippen molar-refractivity contribution in [2.45, 2.75) is 13.3 Å². The van der Waals surface area contributed by atoms with Crippen molar-refractivity contribution in [1.82, 2.24) is 9.97 Å². The molecule has 2 heteroatoms. The van der Waals surface area contributed by atoms with Gasteiger partial charge in [-0.2, -0.15) is 0 Å². The van der Waals surface area contributed by atoms with Gasteiger partial charge in [0.15, 0.2) is 0 Å². The molecule has 0 aromatic carbocycles. The SMILES string of the molecule is C/C=C\CC#Cc1ncccn1. The van der Waals surface area contributed by atoms with E-state index in [1.165, 1.54) is 0 Å². The van der Waals surface area contributed by atoms with Gasteiger partial charge >= 0.3 is 0 Å². The average molecular weight is 158 g/mol. The highest BCUT2D eigenvalue weighted by Gasteiger charge is 1.82. The van der Waals surface area contributed by atoms with Gasteiger partial charge in [-0.25, -0.2) is 9.97 Å². The van der Waals surface area contributed by atoms with Crippen molar-refractivity contribution in [1.29, 1.82) is 0 Å². The predicted octanol–water partition coefficient (Wildman–Crippen LogP) is 1.79. The molecule has 2 nitrogen and oxygen atoms in total. The largest absolute Gasteiger partial charge is 0.229 e. The van der Waals surface area contributed by atoms with Gasteiger partial charge < -0.3 is 0 Å². The first kappa shape index (κ1) is 8.48. The summed E-state index contributed by atoms with van der Waals surface area (Å²) in [6.07, 6.45) is 8.10. The monoisotopic (exact) mass is 158 g/mol. The number of hydrogen-bond acceptors (Lipinski definition) is 2. The minimum Gasteiger partial charge on any atom is -0.229 e. The van der Waals surface area contributed by atoms with E-state index < -0.39 is 0 Å². The summed E-state index contributed by atoms with van der Waals surface area (Å²) < 4.78 is 0. The second-order valence-electron chi connectivity index (χ2n) is 2.15. The molecule has 0 saturated heterocycles. The van der Waals surface area contributed by atoms with Gasteiger partial charge in [-0.05, 0) is 18.9 Å². The van der Waals surface area contributed by atoms with E-state index in [0.717, 1.165) is 6.42 Å². The van der Waals surface area contributed by atoms with Gasteiger partial charge in [0.2, 0.25) is 5.82 Å². The van der Waals surface area contributed by atoms with Crippen LogP contribution in [0.2, 0.25) is 0 Å². The summed E-state index contributed by atoms with van der Waals surface area (Å²) in [6.45, 7) is 1.97. The van der Waals surface area contributed by atoms with Crippen LogP contribution in [0.5, 0.6) is 0 Å². The van der Waals surface area contributed by atoms with Crippen molar-refractivity contribution >= 4 is 0 Å². The third kappa shape index (κ3) is 2.98. The highest BCUT2D eigenvalue weighted by atomic mass is 14.8. The van der Waals surface area contributed by atoms with Crippen molar-refractivity contribution in [3.63, 3.8) is 0 Å². The smallest absolute Gasteiger partial charge is 0.204 e. The summed E-state index contributed by atoms with van der Waals surface area (Å²) in [6, 6.07) is 1.77. The van der Waals surface area contributed by atoms with Crippen LogP contribution in [0.25, 0.3) is 0 Å². The second kappa shape index (κ2) is 5.09. The Hall–Kier alpha value is -1.62. The van der Waals surface area contributed by atoms with Gasteiger partial charge in [0.05, 0.1) is 0 Å². The van der Waals surface area contributed by atoms with Gasteiger partial charge in [0, 0.05) is 18.8 Å². The van der Waals surface area contributed by atoms with Crippen molar-refractivity contribution in [3.05, 3.63) is 36.4 Å². The fourth-order valence-electron chi connectivity index (χ4n) is 0.671. The Morgan fingerprint density at radius 3 is 2.83 bits per heavy atom. The molecule has 12 heavy (non-hydrogen) atoms. The average Bonchev–Trinajstić information content (AvgIpc) is 2.14. The third-order valence-electron chi connectivity index (χ3n) is 1.22. The van der Waals surface area contributed by atoms with E-state index in [-0.39, 0.29) is 0 Å². The number of hydrogen-bond donors (Lipinski definition) is 0. The van der Waals surface area contributed by atoms with Gasteiger partial charge in [-0.1, -0.05) is 18.1 Å². The number of allylic oxidation sites excluding steroid dienone is 2. The van der Waals surface area contributed by atoms with Crippen LogP contribution >= 0.6 is 0 Å². The zero-order valence-corrected chi connectivity index (χ0v) is 6.99. The maximum absolute atomic E-state index is 3.97. The molecule has 0 fully saturated rings. The first-order valence-corrected chi connectivity index (χ1v) is 3.80. The van der Waals surface area contributed by atoms with Gasteiger partial charge in [-0.15, -0.1) is 0 Å². The molecule has 0 bridgehead atoms. The summed E-state index contributed by atoms with van der Waals surface area (Å²) in [5, 5.41) is 0. The lowest BCUT2D eigenvalue weighted by Gasteiger charge is -1.83. The van der Waals surface area contributed by atoms with E-state index in [9.17, 15) is 0 Å². The Kier molecular flexibility index (Phi) is 3.59. The second-order valence-corrected chi connectivity index (χ2v) is 2.15. The molecule has 0 radical (unpaired) electrons. The molecule has 0 atom stereocenters. The normalized spacial score (nSPS) is 9.42. The van der Waals surface area contributed by atoms with Crippen LogP contribution in [0, 0.1) is 11.8 Å². The fourth-order valence-corrected chi connectivity index (χ4v) is 0.671. The lowest BCUT2D eigenvalue weighted by molar-refractivity contribution is 1.13. The molecular formula is C10H10N2. The van der Waals surface area contributed by atoms with Crippen molar-refractivity contribution in [2.75, 3.05) is 0 Å². The minimum absolute atomic E-state index is 0.585. The molecule has 60 valence electrons. The molecule has 0 unspecified atom stereocenters. The van der Waals surface area contributed by atoms with Gasteiger partial charge in [0.25, 0.3) is 0 Å². The fraction of sp³-hybridized carbons (Fsp3) is 0.200. The Labute approximate surface area is 72.4 Å². The van der Waals surface area contributed by atoms with Crippen molar-refractivity contribution in [3.8, 4) is 11.8 Å². The van der Waals surface area contributed by atoms with Gasteiger partial charge in [0.1, 0.15) is 0 Å². The highest BCUT2D eigenvalue weighted by molar-refractivity contribution is 5.20. The number of aromatic nitrogens is 2. The molecular weight excluding hydrogens is 148 g/mol. The summed E-state index contributed by atoms with van der Waals surface area (Å²) in [5.41, 5.74) is 0. The molecule has 1 heterocycles. The van der Waals surface area contributed by atoms with E-state index in [1.54, 1.807) is 18.5 Å². The lowest BCUT2D eigenvalue weighted by Crippen LogP contribution is -1.83. The zero-order chi connectivity index (χ0) is 8.65. The van der Waals surface area contributed by atoms with Crippen molar-refractivity contribution in [2.24, 2.45) is 0 Å². The molecule has 0 amide bonds. The van der Waals surface area contributed by atoms with E-state index in [4.69, 9.17) is 0 Å². The van der Waals surface area contributed by atoms with Gasteiger partial charge in [-0.3, -0.25) is 0 Å². The molecule has 0 aliphatic heterocycles. The molecule has 0 saturated carbocycles.